The smallest absolute Gasteiger partial charge is 0.466 e. The lowest BCUT2D eigenvalue weighted by atomic mass is 9.83. The molecule has 0 unspecified atom stereocenters. The number of nitrogens with zero attached hydrogens (tertiary/aromatic N) is 2. The van der Waals surface area contributed by atoms with Crippen LogP contribution in [0.2, 0.25) is 5.15 Å². The van der Waals surface area contributed by atoms with E-state index >= 15 is 0 Å². The zero-order valence-electron chi connectivity index (χ0n) is 13.0. The molecule has 3 heterocycles. The lowest BCUT2D eigenvalue weighted by Crippen LogP contribution is -2.30. The largest absolute Gasteiger partial charge is 0.496 e. The van der Waals surface area contributed by atoms with Gasteiger partial charge in [0.25, 0.3) is 0 Å². The van der Waals surface area contributed by atoms with Gasteiger partial charge in [0.05, 0.1) is 18.3 Å². The van der Waals surface area contributed by atoms with Gasteiger partial charge in [-0.25, -0.2) is 4.98 Å². The summed E-state index contributed by atoms with van der Waals surface area (Å²) in [6.07, 6.45) is 0.552. The molecule has 7 heteroatoms. The molecular formula is C16H15BClFN2OS. The molecule has 0 amide bonds. The van der Waals surface area contributed by atoms with Crippen molar-refractivity contribution in [2.45, 2.75) is 13.8 Å². The summed E-state index contributed by atoms with van der Waals surface area (Å²) in [5, 5.41) is 1.32. The molecule has 3 nitrogen and oxygen atoms in total. The van der Waals surface area contributed by atoms with Crippen LogP contribution in [0.15, 0.2) is 36.5 Å². The van der Waals surface area contributed by atoms with E-state index in [9.17, 15) is 4.32 Å². The Labute approximate surface area is 144 Å². The summed E-state index contributed by atoms with van der Waals surface area (Å²) in [4.78, 5) is 4.09. The summed E-state index contributed by atoms with van der Waals surface area (Å²) in [7, 11) is 1.59. The van der Waals surface area contributed by atoms with Crippen molar-refractivity contribution >= 4 is 46.0 Å². The van der Waals surface area contributed by atoms with Crippen LogP contribution in [0.4, 0.5) is 4.32 Å². The Morgan fingerprint density at radius 3 is 2.83 bits per heavy atom. The fourth-order valence-electron chi connectivity index (χ4n) is 2.67. The van der Waals surface area contributed by atoms with Crippen molar-refractivity contribution in [1.82, 2.24) is 8.96 Å². The minimum atomic E-state index is -1.15. The van der Waals surface area contributed by atoms with Gasteiger partial charge in [-0.1, -0.05) is 37.6 Å². The molecule has 0 spiro atoms. The van der Waals surface area contributed by atoms with Gasteiger partial charge in [-0.05, 0) is 29.4 Å². The summed E-state index contributed by atoms with van der Waals surface area (Å²) < 4.78 is 21.8. The van der Waals surface area contributed by atoms with E-state index < -0.39 is 6.27 Å². The van der Waals surface area contributed by atoms with Crippen LogP contribution >= 0.6 is 23.4 Å². The molecule has 0 aliphatic carbocycles. The molecule has 0 atom stereocenters. The molecule has 3 aromatic rings. The average molecular weight is 349 g/mol. The third-order valence-electron chi connectivity index (χ3n) is 3.59. The van der Waals surface area contributed by atoms with Crippen LogP contribution < -0.4 is 10.2 Å². The van der Waals surface area contributed by atoms with Crippen molar-refractivity contribution in [3.8, 4) is 17.0 Å². The molecule has 23 heavy (non-hydrogen) atoms. The molecule has 0 saturated heterocycles. The molecule has 0 saturated carbocycles. The van der Waals surface area contributed by atoms with Crippen molar-refractivity contribution in [2.75, 3.05) is 7.11 Å². The maximum Gasteiger partial charge on any atom is 0.466 e. The standard InChI is InChI=1S/C14H9BClFN2OS.C2H6/c1-20-12-4-2-3-9-14(12)11-5-8-7-18-13(16)6-10(8)19(11)21-15(9)17;1-2/h2-7H,1H3;1-2H3. The highest BCUT2D eigenvalue weighted by molar-refractivity contribution is 8.25. The Bertz CT molecular complexity index is 871. The second-order valence-electron chi connectivity index (χ2n) is 4.74. The second kappa shape index (κ2) is 6.45. The van der Waals surface area contributed by atoms with Gasteiger partial charge in [-0.3, -0.25) is 3.97 Å². The van der Waals surface area contributed by atoms with Crippen LogP contribution in [-0.2, 0) is 0 Å². The van der Waals surface area contributed by atoms with Crippen molar-refractivity contribution in [1.29, 1.82) is 0 Å². The molecule has 1 aliphatic rings. The highest BCUT2D eigenvalue weighted by Crippen LogP contribution is 2.40. The lowest BCUT2D eigenvalue weighted by molar-refractivity contribution is 0.416. The normalized spacial score (nSPS) is 12.3. The second-order valence-corrected chi connectivity index (χ2v) is 6.11. The van der Waals surface area contributed by atoms with E-state index in [1.165, 1.54) is 0 Å². The van der Waals surface area contributed by atoms with Gasteiger partial charge in [-0.2, -0.15) is 0 Å². The van der Waals surface area contributed by atoms with Crippen molar-refractivity contribution in [3.63, 3.8) is 0 Å². The Balaban J connectivity index is 0.000000753. The fraction of sp³-hybridized carbons (Fsp3) is 0.188. The molecular weight excluding hydrogens is 334 g/mol. The summed E-state index contributed by atoms with van der Waals surface area (Å²) in [5.74, 6) is 0.665. The number of hydrogen-bond donors (Lipinski definition) is 0. The number of ether oxygens (including phenoxy) is 1. The van der Waals surface area contributed by atoms with E-state index in [2.05, 4.69) is 4.98 Å². The molecule has 0 fully saturated rings. The molecule has 1 aliphatic heterocycles. The van der Waals surface area contributed by atoms with E-state index in [1.807, 2.05) is 36.0 Å². The van der Waals surface area contributed by atoms with Gasteiger partial charge in [0.15, 0.2) is 0 Å². The quantitative estimate of drug-likeness (QED) is 0.476. The summed E-state index contributed by atoms with van der Waals surface area (Å²) in [6.45, 7) is 4.00. The number of halogens is 2. The number of aromatic nitrogens is 2. The number of methoxy groups -OCH3 is 1. The van der Waals surface area contributed by atoms with Crippen molar-refractivity contribution in [3.05, 3.63) is 41.7 Å². The summed E-state index contributed by atoms with van der Waals surface area (Å²) in [5.41, 5.74) is 3.18. The number of fused-ring (bicyclic) bond motifs is 5. The van der Waals surface area contributed by atoms with Crippen molar-refractivity contribution < 1.29 is 9.05 Å². The van der Waals surface area contributed by atoms with Crippen LogP contribution in [-0.4, -0.2) is 22.3 Å². The maximum absolute atomic E-state index is 14.5. The summed E-state index contributed by atoms with van der Waals surface area (Å²) in [6, 6.07) is 9.18. The minimum absolute atomic E-state index is 0.394. The first-order valence-corrected chi connectivity index (χ1v) is 8.56. The summed E-state index contributed by atoms with van der Waals surface area (Å²) >= 11 is 7.09. The van der Waals surface area contributed by atoms with Gasteiger partial charge in [-0.15, -0.1) is 0 Å². The zero-order chi connectivity index (χ0) is 16.6. The fourth-order valence-corrected chi connectivity index (χ4v) is 3.85. The van der Waals surface area contributed by atoms with Crippen LogP contribution in [0.1, 0.15) is 13.8 Å². The van der Waals surface area contributed by atoms with Crippen LogP contribution in [0, 0.1) is 0 Å². The van der Waals surface area contributed by atoms with E-state index in [4.69, 9.17) is 16.3 Å². The average Bonchev–Trinajstić information content (AvgIpc) is 2.94. The van der Waals surface area contributed by atoms with E-state index in [0.29, 0.717) is 16.4 Å². The Morgan fingerprint density at radius 2 is 2.09 bits per heavy atom. The number of rotatable bonds is 1. The number of pyridine rings is 1. The Hall–Kier alpha value is -1.66. The predicted octanol–water partition coefficient (Wildman–Crippen LogP) is 4.57. The third kappa shape index (κ3) is 2.60. The monoisotopic (exact) mass is 348 g/mol. The molecule has 1 aromatic carbocycles. The topological polar surface area (TPSA) is 27.1 Å². The maximum atomic E-state index is 14.5. The van der Waals surface area contributed by atoms with Crippen molar-refractivity contribution in [2.24, 2.45) is 0 Å². The molecule has 118 valence electrons. The number of hydrogen-bond acceptors (Lipinski definition) is 3. The molecule has 4 rings (SSSR count). The highest BCUT2D eigenvalue weighted by Gasteiger charge is 2.33. The molecule has 0 bridgehead atoms. The Kier molecular flexibility index (Phi) is 4.55. The van der Waals surface area contributed by atoms with Gasteiger partial charge in [0.2, 0.25) is 0 Å². The van der Waals surface area contributed by atoms with Gasteiger partial charge in [0, 0.05) is 23.2 Å². The lowest BCUT2D eigenvalue weighted by Gasteiger charge is -2.22. The van der Waals surface area contributed by atoms with E-state index in [1.54, 1.807) is 25.4 Å². The number of benzene rings is 1. The van der Waals surface area contributed by atoms with Crippen LogP contribution in [0.3, 0.4) is 0 Å². The molecule has 2 aromatic heterocycles. The van der Waals surface area contributed by atoms with Gasteiger partial charge >= 0.3 is 6.27 Å². The highest BCUT2D eigenvalue weighted by atomic mass is 35.5. The molecule has 0 radical (unpaired) electrons. The van der Waals surface area contributed by atoms with Crippen LogP contribution in [0.25, 0.3) is 22.2 Å². The van der Waals surface area contributed by atoms with Gasteiger partial charge in [0.1, 0.15) is 10.9 Å². The zero-order valence-corrected chi connectivity index (χ0v) is 14.6. The SMILES string of the molecule is CC.COc1cccc2c1-c1cc3cnc(Cl)cc3n1SB2F. The third-order valence-corrected chi connectivity index (χ3v) is 4.84. The van der Waals surface area contributed by atoms with Crippen LogP contribution in [0.5, 0.6) is 5.75 Å². The van der Waals surface area contributed by atoms with E-state index in [0.717, 1.165) is 34.0 Å². The first-order chi connectivity index (χ1) is 11.2. The van der Waals surface area contributed by atoms with Gasteiger partial charge < -0.3 is 9.05 Å². The first-order valence-electron chi connectivity index (χ1n) is 7.34. The minimum Gasteiger partial charge on any atom is -0.496 e. The molecule has 0 N–H and O–H groups in total. The first kappa shape index (κ1) is 16.2. The predicted molar refractivity (Wildman–Crippen MR) is 97.6 cm³/mol. The Morgan fingerprint density at radius 1 is 1.30 bits per heavy atom. The van der Waals surface area contributed by atoms with E-state index in [-0.39, 0.29) is 0 Å².